The molecule has 0 saturated heterocycles. The predicted molar refractivity (Wildman–Crippen MR) is 109 cm³/mol. The third-order valence-corrected chi connectivity index (χ3v) is 9.73. The summed E-state index contributed by atoms with van der Waals surface area (Å²) >= 11 is 2.12. The summed E-state index contributed by atoms with van der Waals surface area (Å²) in [4.78, 5) is 0. The van der Waals surface area contributed by atoms with Gasteiger partial charge < -0.3 is 0 Å². The summed E-state index contributed by atoms with van der Waals surface area (Å²) in [6.45, 7) is 0. The lowest BCUT2D eigenvalue weighted by atomic mass is 10.2. The highest BCUT2D eigenvalue weighted by Gasteiger charge is 2.26. The van der Waals surface area contributed by atoms with Gasteiger partial charge in [-0.05, 0) is 11.1 Å². The number of thioether (sulfide) groups is 2. The van der Waals surface area contributed by atoms with Gasteiger partial charge in [0.25, 0.3) is 0 Å². The minimum absolute atomic E-state index is 0.0999. The van der Waals surface area contributed by atoms with Gasteiger partial charge in [0.05, 0.1) is 21.2 Å². The van der Waals surface area contributed by atoms with E-state index in [0.29, 0.717) is 15.4 Å². The normalized spacial score (nSPS) is 16.6. The fraction of sp³-hybridized carbons (Fsp3) is 0.111. The Labute approximate surface area is 162 Å². The Bertz CT molecular complexity index is 1040. The molecule has 1 aliphatic heterocycles. The number of benzene rings is 2. The van der Waals surface area contributed by atoms with Crippen molar-refractivity contribution in [1.29, 1.82) is 0 Å². The maximum atomic E-state index is 12.5. The van der Waals surface area contributed by atoms with Gasteiger partial charge in [0, 0.05) is 5.41 Å². The number of hydrogen-bond donors (Lipinski definition) is 0. The summed E-state index contributed by atoms with van der Waals surface area (Å²) in [5.74, 6) is -0.207. The van der Waals surface area contributed by atoms with Crippen LogP contribution in [0.5, 0.6) is 0 Å². The maximum absolute atomic E-state index is 12.5. The smallest absolute Gasteiger partial charge is 0.189 e. The second-order valence-electron chi connectivity index (χ2n) is 5.63. The van der Waals surface area contributed by atoms with E-state index in [-0.39, 0.29) is 15.7 Å². The minimum Gasteiger partial charge on any atom is -0.224 e. The first-order chi connectivity index (χ1) is 12.3. The van der Waals surface area contributed by atoms with Crippen molar-refractivity contribution in [3.63, 3.8) is 0 Å². The van der Waals surface area contributed by atoms with Crippen LogP contribution in [0.4, 0.5) is 0 Å². The van der Waals surface area contributed by atoms with Gasteiger partial charge in [0.15, 0.2) is 19.7 Å². The fourth-order valence-corrected chi connectivity index (χ4v) is 8.60. The standard InChI is InChI=1S/C18H16O4S4/c19-25(20,12-15-7-3-1-4-8-15)14-17-23-11-18(24-17)26(21,22)13-16-9-5-2-6-10-16/h1-11,14H,12-13H2/b17-14-. The highest BCUT2D eigenvalue weighted by Crippen LogP contribution is 2.47. The van der Waals surface area contributed by atoms with E-state index in [4.69, 9.17) is 0 Å². The quantitative estimate of drug-likeness (QED) is 0.689. The fourth-order valence-electron chi connectivity index (χ4n) is 2.30. The third kappa shape index (κ3) is 5.26. The topological polar surface area (TPSA) is 68.3 Å². The van der Waals surface area contributed by atoms with Gasteiger partial charge in [-0.15, -0.1) is 0 Å². The van der Waals surface area contributed by atoms with Gasteiger partial charge in [-0.3, -0.25) is 0 Å². The first kappa shape index (κ1) is 19.3. The van der Waals surface area contributed by atoms with E-state index in [1.807, 2.05) is 12.1 Å². The van der Waals surface area contributed by atoms with Crippen molar-refractivity contribution in [3.8, 4) is 0 Å². The molecule has 0 aliphatic carbocycles. The molecule has 0 fully saturated rings. The first-order valence-electron chi connectivity index (χ1n) is 7.64. The molecule has 8 heteroatoms. The van der Waals surface area contributed by atoms with Gasteiger partial charge in [-0.1, -0.05) is 84.2 Å². The van der Waals surface area contributed by atoms with Crippen LogP contribution in [0.1, 0.15) is 11.1 Å². The molecule has 0 saturated carbocycles. The van der Waals surface area contributed by atoms with E-state index in [2.05, 4.69) is 0 Å². The van der Waals surface area contributed by atoms with Gasteiger partial charge >= 0.3 is 0 Å². The molecule has 136 valence electrons. The van der Waals surface area contributed by atoms with Crippen LogP contribution in [-0.4, -0.2) is 16.8 Å². The van der Waals surface area contributed by atoms with Crippen molar-refractivity contribution in [2.75, 3.05) is 0 Å². The summed E-state index contributed by atoms with van der Waals surface area (Å²) in [6.07, 6.45) is 0. The molecule has 0 atom stereocenters. The summed E-state index contributed by atoms with van der Waals surface area (Å²) in [5, 5.41) is 2.67. The average molecular weight is 425 g/mol. The lowest BCUT2D eigenvalue weighted by Crippen LogP contribution is -2.04. The van der Waals surface area contributed by atoms with Crippen molar-refractivity contribution in [1.82, 2.24) is 0 Å². The van der Waals surface area contributed by atoms with Crippen LogP contribution in [0.2, 0.25) is 0 Å². The van der Waals surface area contributed by atoms with Crippen LogP contribution in [0.3, 0.4) is 0 Å². The van der Waals surface area contributed by atoms with E-state index in [1.165, 1.54) is 5.41 Å². The summed E-state index contributed by atoms with van der Waals surface area (Å²) in [5.41, 5.74) is 1.40. The van der Waals surface area contributed by atoms with Crippen molar-refractivity contribution in [2.45, 2.75) is 11.5 Å². The van der Waals surface area contributed by atoms with Crippen LogP contribution in [0, 0.1) is 0 Å². The Hall–Kier alpha value is -1.48. The monoisotopic (exact) mass is 424 g/mol. The Morgan fingerprint density at radius 2 is 1.31 bits per heavy atom. The van der Waals surface area contributed by atoms with Crippen LogP contribution >= 0.6 is 23.5 Å². The zero-order valence-electron chi connectivity index (χ0n) is 13.6. The van der Waals surface area contributed by atoms with Crippen molar-refractivity contribution < 1.29 is 16.8 Å². The highest BCUT2D eigenvalue weighted by atomic mass is 32.3. The van der Waals surface area contributed by atoms with E-state index < -0.39 is 19.7 Å². The van der Waals surface area contributed by atoms with Crippen molar-refractivity contribution in [3.05, 3.63) is 91.1 Å². The highest BCUT2D eigenvalue weighted by molar-refractivity contribution is 8.34. The van der Waals surface area contributed by atoms with Crippen molar-refractivity contribution in [2.24, 2.45) is 0 Å². The molecule has 2 aromatic rings. The Morgan fingerprint density at radius 1 is 0.769 bits per heavy atom. The van der Waals surface area contributed by atoms with Crippen LogP contribution in [0.15, 0.2) is 80.0 Å². The lowest BCUT2D eigenvalue weighted by molar-refractivity contribution is 0.601. The SMILES string of the molecule is O=S(=O)(/C=C1/SC=C(S(=O)(=O)Cc2ccccc2)S1)Cc1ccccc1. The van der Waals surface area contributed by atoms with Crippen LogP contribution in [-0.2, 0) is 31.2 Å². The molecule has 2 aromatic carbocycles. The average Bonchev–Trinajstić information content (AvgIpc) is 3.04. The zero-order chi connectivity index (χ0) is 18.6. The van der Waals surface area contributed by atoms with E-state index in [0.717, 1.165) is 28.9 Å². The molecule has 0 bridgehead atoms. The molecule has 1 heterocycles. The van der Waals surface area contributed by atoms with Gasteiger partial charge in [-0.25, -0.2) is 16.8 Å². The summed E-state index contributed by atoms with van der Waals surface area (Å²) < 4.78 is 50.3. The Kier molecular flexibility index (Phi) is 5.96. The largest absolute Gasteiger partial charge is 0.224 e. The molecule has 0 unspecified atom stereocenters. The molecule has 0 spiro atoms. The molecule has 0 N–H and O–H groups in total. The van der Waals surface area contributed by atoms with E-state index in [9.17, 15) is 16.8 Å². The molecular weight excluding hydrogens is 408 g/mol. The van der Waals surface area contributed by atoms with Crippen molar-refractivity contribution >= 4 is 43.2 Å². The minimum atomic E-state index is -3.49. The molecule has 3 rings (SSSR count). The second-order valence-corrected chi connectivity index (χ2v) is 12.0. The summed E-state index contributed by atoms with van der Waals surface area (Å²) in [6, 6.07) is 17.8. The number of sulfone groups is 2. The van der Waals surface area contributed by atoms with Crippen LogP contribution < -0.4 is 0 Å². The second kappa shape index (κ2) is 8.04. The summed E-state index contributed by atoms with van der Waals surface area (Å²) in [7, 11) is -6.97. The van der Waals surface area contributed by atoms with Gasteiger partial charge in [-0.2, -0.15) is 0 Å². The molecule has 4 nitrogen and oxygen atoms in total. The maximum Gasteiger partial charge on any atom is 0.189 e. The predicted octanol–water partition coefficient (Wildman–Crippen LogP) is 4.29. The lowest BCUT2D eigenvalue weighted by Gasteiger charge is -2.05. The third-order valence-electron chi connectivity index (χ3n) is 3.46. The number of rotatable bonds is 6. The molecule has 26 heavy (non-hydrogen) atoms. The molecule has 0 amide bonds. The molecular formula is C18H16O4S4. The van der Waals surface area contributed by atoms with Gasteiger partial charge in [0.2, 0.25) is 0 Å². The van der Waals surface area contributed by atoms with Crippen LogP contribution in [0.25, 0.3) is 0 Å². The first-order valence-corrected chi connectivity index (χ1v) is 12.7. The Balaban J connectivity index is 1.70. The van der Waals surface area contributed by atoms with Gasteiger partial charge in [0.1, 0.15) is 4.24 Å². The van der Waals surface area contributed by atoms with E-state index >= 15 is 0 Å². The zero-order valence-corrected chi connectivity index (χ0v) is 16.9. The Morgan fingerprint density at radius 3 is 1.88 bits per heavy atom. The number of hydrogen-bond acceptors (Lipinski definition) is 6. The molecule has 1 aliphatic rings. The van der Waals surface area contributed by atoms with E-state index in [1.54, 1.807) is 48.5 Å². The molecule has 0 aromatic heterocycles. The molecule has 0 radical (unpaired) electrons.